The summed E-state index contributed by atoms with van der Waals surface area (Å²) in [6.45, 7) is 0.120. The average molecular weight is 303 g/mol. The van der Waals surface area contributed by atoms with Crippen molar-refractivity contribution in [1.82, 2.24) is 15.5 Å². The second-order valence-electron chi connectivity index (χ2n) is 4.18. The fourth-order valence-electron chi connectivity index (χ4n) is 1.69. The van der Waals surface area contributed by atoms with Crippen molar-refractivity contribution < 1.29 is 13.7 Å². The second kappa shape index (κ2) is 5.84. The quantitative estimate of drug-likeness (QED) is 0.804. The van der Waals surface area contributed by atoms with Gasteiger partial charge in [0.1, 0.15) is 5.82 Å². The van der Waals surface area contributed by atoms with E-state index in [0.29, 0.717) is 17.3 Å². The molecule has 21 heavy (non-hydrogen) atoms. The van der Waals surface area contributed by atoms with Gasteiger partial charge < -0.3 is 9.84 Å². The number of aromatic nitrogens is 2. The normalized spacial score (nSPS) is 10.5. The lowest BCUT2D eigenvalue weighted by Crippen LogP contribution is -2.22. The van der Waals surface area contributed by atoms with Gasteiger partial charge in [-0.05, 0) is 35.7 Å². The highest BCUT2D eigenvalue weighted by atomic mass is 32.1. The van der Waals surface area contributed by atoms with Crippen molar-refractivity contribution in [2.24, 2.45) is 0 Å². The van der Waals surface area contributed by atoms with E-state index in [1.807, 2.05) is 17.5 Å². The molecule has 2 aromatic heterocycles. The summed E-state index contributed by atoms with van der Waals surface area (Å²) in [5.74, 6) is 0.0970. The lowest BCUT2D eigenvalue weighted by molar-refractivity contribution is 0.0946. The molecule has 0 spiro atoms. The number of benzene rings is 1. The number of carbonyl (C=O) groups excluding carboxylic acids is 1. The van der Waals surface area contributed by atoms with Crippen LogP contribution in [0.15, 0.2) is 46.3 Å². The Hall–Kier alpha value is -2.54. The third kappa shape index (κ3) is 3.14. The molecule has 7 heteroatoms. The number of rotatable bonds is 4. The van der Waals surface area contributed by atoms with Gasteiger partial charge in [0.2, 0.25) is 11.7 Å². The van der Waals surface area contributed by atoms with E-state index >= 15 is 0 Å². The highest BCUT2D eigenvalue weighted by Gasteiger charge is 2.11. The van der Waals surface area contributed by atoms with Crippen molar-refractivity contribution in [3.05, 3.63) is 59.0 Å². The van der Waals surface area contributed by atoms with Crippen LogP contribution < -0.4 is 5.32 Å². The largest absolute Gasteiger partial charge is 0.343 e. The summed E-state index contributed by atoms with van der Waals surface area (Å²) in [6, 6.07) is 9.07. The van der Waals surface area contributed by atoms with Gasteiger partial charge in [-0.1, -0.05) is 11.2 Å². The maximum absolute atomic E-state index is 12.8. The van der Waals surface area contributed by atoms with E-state index in [-0.39, 0.29) is 18.3 Å². The van der Waals surface area contributed by atoms with E-state index in [4.69, 9.17) is 4.52 Å². The van der Waals surface area contributed by atoms with Crippen LogP contribution in [0.5, 0.6) is 0 Å². The highest BCUT2D eigenvalue weighted by Crippen LogP contribution is 2.21. The predicted octanol–water partition coefficient (Wildman–Crippen LogP) is 2.87. The minimum Gasteiger partial charge on any atom is -0.343 e. The molecular weight excluding hydrogens is 293 g/mol. The van der Waals surface area contributed by atoms with Crippen LogP contribution in [0.4, 0.5) is 4.39 Å². The van der Waals surface area contributed by atoms with Crippen LogP contribution in [0.3, 0.4) is 0 Å². The molecule has 0 bridgehead atoms. The van der Waals surface area contributed by atoms with E-state index in [0.717, 1.165) is 4.88 Å². The highest BCUT2D eigenvalue weighted by molar-refractivity contribution is 7.13. The van der Waals surface area contributed by atoms with Gasteiger partial charge in [0.05, 0.1) is 11.4 Å². The molecule has 1 N–H and O–H groups in total. The molecule has 1 aromatic carbocycles. The number of nitrogens with one attached hydrogen (secondary N) is 1. The SMILES string of the molecule is O=C(NCc1nc(-c2cccs2)no1)c1ccc(F)cc1. The lowest BCUT2D eigenvalue weighted by atomic mass is 10.2. The average Bonchev–Trinajstić information content (AvgIpc) is 3.16. The zero-order valence-corrected chi connectivity index (χ0v) is 11.6. The molecule has 5 nitrogen and oxygen atoms in total. The molecule has 0 aliphatic carbocycles. The van der Waals surface area contributed by atoms with E-state index in [2.05, 4.69) is 15.5 Å². The Morgan fingerprint density at radius 2 is 2.10 bits per heavy atom. The first-order valence-electron chi connectivity index (χ1n) is 6.12. The molecular formula is C14H10FN3O2S. The van der Waals surface area contributed by atoms with Crippen molar-refractivity contribution in [2.75, 3.05) is 0 Å². The maximum atomic E-state index is 12.8. The van der Waals surface area contributed by atoms with Crippen LogP contribution in [-0.4, -0.2) is 16.0 Å². The van der Waals surface area contributed by atoms with Gasteiger partial charge in [-0.3, -0.25) is 4.79 Å². The van der Waals surface area contributed by atoms with Crippen molar-refractivity contribution in [3.8, 4) is 10.7 Å². The van der Waals surface area contributed by atoms with E-state index in [9.17, 15) is 9.18 Å². The first-order valence-corrected chi connectivity index (χ1v) is 7.00. The van der Waals surface area contributed by atoms with Crippen molar-refractivity contribution in [2.45, 2.75) is 6.54 Å². The number of amides is 1. The van der Waals surface area contributed by atoms with Crippen LogP contribution in [0, 0.1) is 5.82 Å². The Balaban J connectivity index is 1.62. The molecule has 2 heterocycles. The van der Waals surface area contributed by atoms with Crippen molar-refractivity contribution >= 4 is 17.2 Å². The molecule has 106 valence electrons. The summed E-state index contributed by atoms with van der Waals surface area (Å²) >= 11 is 1.50. The Kier molecular flexibility index (Phi) is 3.74. The Morgan fingerprint density at radius 3 is 2.81 bits per heavy atom. The van der Waals surface area contributed by atoms with Gasteiger partial charge in [-0.15, -0.1) is 11.3 Å². The van der Waals surface area contributed by atoms with Crippen LogP contribution in [0.25, 0.3) is 10.7 Å². The van der Waals surface area contributed by atoms with Crippen LogP contribution in [0.1, 0.15) is 16.2 Å². The molecule has 0 aliphatic rings. The molecule has 0 aliphatic heterocycles. The fraction of sp³-hybridized carbons (Fsp3) is 0.0714. The molecule has 0 fully saturated rings. The minimum absolute atomic E-state index is 0.120. The topological polar surface area (TPSA) is 68.0 Å². The van der Waals surface area contributed by atoms with Gasteiger partial charge in [0.25, 0.3) is 5.91 Å². The zero-order valence-electron chi connectivity index (χ0n) is 10.7. The third-order valence-electron chi connectivity index (χ3n) is 2.72. The van der Waals surface area contributed by atoms with Gasteiger partial charge >= 0.3 is 0 Å². The summed E-state index contributed by atoms with van der Waals surface area (Å²) in [5.41, 5.74) is 0.370. The number of nitrogens with zero attached hydrogens (tertiary/aromatic N) is 2. The summed E-state index contributed by atoms with van der Waals surface area (Å²) in [5, 5.41) is 8.40. The van der Waals surface area contributed by atoms with E-state index < -0.39 is 0 Å². The molecule has 3 aromatic rings. The van der Waals surface area contributed by atoms with Crippen LogP contribution >= 0.6 is 11.3 Å². The Morgan fingerprint density at radius 1 is 1.29 bits per heavy atom. The van der Waals surface area contributed by atoms with Crippen LogP contribution in [-0.2, 0) is 6.54 Å². The second-order valence-corrected chi connectivity index (χ2v) is 5.13. The Labute approximate surface area is 123 Å². The Bertz CT molecular complexity index is 738. The number of halogens is 1. The van der Waals surface area contributed by atoms with Crippen molar-refractivity contribution in [1.29, 1.82) is 0 Å². The number of thiophene rings is 1. The summed E-state index contributed by atoms with van der Waals surface area (Å²) in [7, 11) is 0. The fourth-order valence-corrected chi connectivity index (χ4v) is 2.34. The monoisotopic (exact) mass is 303 g/mol. The number of carbonyl (C=O) groups is 1. The number of hydrogen-bond donors (Lipinski definition) is 1. The molecule has 1 amide bonds. The van der Waals surface area contributed by atoms with Crippen molar-refractivity contribution in [3.63, 3.8) is 0 Å². The maximum Gasteiger partial charge on any atom is 0.251 e. The zero-order chi connectivity index (χ0) is 14.7. The number of hydrogen-bond acceptors (Lipinski definition) is 5. The molecule has 3 rings (SSSR count). The third-order valence-corrected chi connectivity index (χ3v) is 3.58. The molecule has 0 radical (unpaired) electrons. The minimum atomic E-state index is -0.385. The predicted molar refractivity (Wildman–Crippen MR) is 75.2 cm³/mol. The summed E-state index contributed by atoms with van der Waals surface area (Å²) < 4.78 is 17.8. The van der Waals surface area contributed by atoms with Gasteiger partial charge in [0.15, 0.2) is 0 Å². The first kappa shape index (κ1) is 13.4. The summed E-state index contributed by atoms with van der Waals surface area (Å²) in [6.07, 6.45) is 0. The van der Waals surface area contributed by atoms with Crippen LogP contribution in [0.2, 0.25) is 0 Å². The smallest absolute Gasteiger partial charge is 0.251 e. The van der Waals surface area contributed by atoms with Gasteiger partial charge in [0, 0.05) is 5.56 Å². The van der Waals surface area contributed by atoms with Gasteiger partial charge in [-0.2, -0.15) is 4.98 Å². The first-order chi connectivity index (χ1) is 10.2. The summed E-state index contributed by atoms with van der Waals surface area (Å²) in [4.78, 5) is 16.9. The molecule has 0 saturated carbocycles. The standard InChI is InChI=1S/C14H10FN3O2S/c15-10-5-3-9(4-6-10)14(19)16-8-12-17-13(18-20-12)11-2-1-7-21-11/h1-7H,8H2,(H,16,19). The molecule has 0 saturated heterocycles. The lowest BCUT2D eigenvalue weighted by Gasteiger charge is -2.01. The molecule has 0 unspecified atom stereocenters. The van der Waals surface area contributed by atoms with Gasteiger partial charge in [-0.25, -0.2) is 4.39 Å². The van der Waals surface area contributed by atoms with E-state index in [1.54, 1.807) is 0 Å². The molecule has 0 atom stereocenters. The van der Waals surface area contributed by atoms with E-state index in [1.165, 1.54) is 35.6 Å².